The smallest absolute Gasteiger partial charge is 0.229 e. The molecule has 1 aliphatic heterocycles. The first kappa shape index (κ1) is 17.2. The van der Waals surface area contributed by atoms with Crippen LogP contribution in [-0.4, -0.2) is 42.5 Å². The molecule has 1 unspecified atom stereocenters. The van der Waals surface area contributed by atoms with Gasteiger partial charge >= 0.3 is 0 Å². The molecule has 1 fully saturated rings. The van der Waals surface area contributed by atoms with Gasteiger partial charge in [-0.3, -0.25) is 0 Å². The van der Waals surface area contributed by atoms with Gasteiger partial charge in [0.15, 0.2) is 9.84 Å². The number of sulfone groups is 1. The van der Waals surface area contributed by atoms with Gasteiger partial charge in [0.1, 0.15) is 11.9 Å². The number of nitrogens with one attached hydrogen (secondary N) is 1. The number of nitrogens with zero attached hydrogens (tertiary/aromatic N) is 4. The minimum absolute atomic E-state index is 0.0656. The highest BCUT2D eigenvalue weighted by Crippen LogP contribution is 2.24. The SMILES string of the molecule is CCN(c1ccnc(Nc2ccccc2C#N)n1)C1CCS(=O)(=O)C1. The van der Waals surface area contributed by atoms with Gasteiger partial charge in [-0.2, -0.15) is 10.2 Å². The molecular formula is C17H19N5O2S. The van der Waals surface area contributed by atoms with Gasteiger partial charge in [-0.25, -0.2) is 13.4 Å². The molecule has 1 aromatic heterocycles. The molecule has 0 radical (unpaired) electrons. The van der Waals surface area contributed by atoms with E-state index in [1.54, 1.807) is 30.5 Å². The van der Waals surface area contributed by atoms with Gasteiger partial charge in [-0.1, -0.05) is 12.1 Å². The quantitative estimate of drug-likeness (QED) is 0.875. The topological polar surface area (TPSA) is 99.0 Å². The standard InChI is InChI=1S/C17H19N5O2S/c1-2-22(14-8-10-25(23,24)12-14)16-7-9-19-17(21-16)20-15-6-4-3-5-13(15)11-18/h3-7,9,14H,2,8,10,12H2,1H3,(H,19,20,21). The Labute approximate surface area is 147 Å². The first-order valence-electron chi connectivity index (χ1n) is 8.08. The van der Waals surface area contributed by atoms with Gasteiger partial charge in [0, 0.05) is 18.8 Å². The molecule has 1 aromatic carbocycles. The van der Waals surface area contributed by atoms with Crippen molar-refractivity contribution in [1.29, 1.82) is 5.26 Å². The van der Waals surface area contributed by atoms with E-state index in [4.69, 9.17) is 0 Å². The first-order chi connectivity index (χ1) is 12.0. The lowest BCUT2D eigenvalue weighted by Gasteiger charge is -2.28. The van der Waals surface area contributed by atoms with Gasteiger partial charge in [0.2, 0.25) is 5.95 Å². The molecule has 25 heavy (non-hydrogen) atoms. The lowest BCUT2D eigenvalue weighted by molar-refractivity contribution is 0.599. The number of rotatable bonds is 5. The number of hydrogen-bond donors (Lipinski definition) is 1. The molecule has 2 heterocycles. The highest BCUT2D eigenvalue weighted by Gasteiger charge is 2.32. The van der Waals surface area contributed by atoms with E-state index in [0.29, 0.717) is 36.0 Å². The van der Waals surface area contributed by atoms with Gasteiger partial charge in [0.25, 0.3) is 0 Å². The number of hydrogen-bond acceptors (Lipinski definition) is 7. The molecule has 7 nitrogen and oxygen atoms in total. The highest BCUT2D eigenvalue weighted by atomic mass is 32.2. The monoisotopic (exact) mass is 357 g/mol. The van der Waals surface area contributed by atoms with Crippen molar-refractivity contribution in [3.8, 4) is 6.07 Å². The van der Waals surface area contributed by atoms with E-state index in [0.717, 1.165) is 0 Å². The second-order valence-corrected chi connectivity index (χ2v) is 8.09. The van der Waals surface area contributed by atoms with Crippen molar-refractivity contribution in [1.82, 2.24) is 9.97 Å². The third kappa shape index (κ3) is 3.88. The largest absolute Gasteiger partial charge is 0.353 e. The van der Waals surface area contributed by atoms with E-state index < -0.39 is 9.84 Å². The fraction of sp³-hybridized carbons (Fsp3) is 0.353. The van der Waals surface area contributed by atoms with Crippen LogP contribution in [0.5, 0.6) is 0 Å². The van der Waals surface area contributed by atoms with Crippen LogP contribution in [0, 0.1) is 11.3 Å². The summed E-state index contributed by atoms with van der Waals surface area (Å²) in [6.07, 6.45) is 2.24. The van der Waals surface area contributed by atoms with E-state index >= 15 is 0 Å². The van der Waals surface area contributed by atoms with Crippen molar-refractivity contribution >= 4 is 27.3 Å². The molecule has 0 spiro atoms. The average molecular weight is 357 g/mol. The molecule has 130 valence electrons. The number of aromatic nitrogens is 2. The fourth-order valence-electron chi connectivity index (χ4n) is 3.01. The second-order valence-electron chi connectivity index (χ2n) is 5.86. The molecule has 0 bridgehead atoms. The van der Waals surface area contributed by atoms with Crippen molar-refractivity contribution in [2.75, 3.05) is 28.3 Å². The molecule has 1 atom stereocenters. The lowest BCUT2D eigenvalue weighted by atomic mass is 10.2. The van der Waals surface area contributed by atoms with Crippen molar-refractivity contribution in [2.24, 2.45) is 0 Å². The van der Waals surface area contributed by atoms with Crippen LogP contribution in [0.25, 0.3) is 0 Å². The molecule has 8 heteroatoms. The Balaban J connectivity index is 1.84. The fourth-order valence-corrected chi connectivity index (χ4v) is 4.74. The summed E-state index contributed by atoms with van der Waals surface area (Å²) in [4.78, 5) is 10.7. The van der Waals surface area contributed by atoms with Crippen LogP contribution < -0.4 is 10.2 Å². The van der Waals surface area contributed by atoms with E-state index in [2.05, 4.69) is 21.4 Å². The Morgan fingerprint density at radius 1 is 1.36 bits per heavy atom. The lowest BCUT2D eigenvalue weighted by Crippen LogP contribution is -2.36. The summed E-state index contributed by atoms with van der Waals surface area (Å²) in [6, 6.07) is 11.0. The maximum atomic E-state index is 11.8. The molecule has 0 amide bonds. The third-order valence-corrected chi connectivity index (χ3v) is 5.97. The highest BCUT2D eigenvalue weighted by molar-refractivity contribution is 7.91. The van der Waals surface area contributed by atoms with Gasteiger partial charge in [0.05, 0.1) is 22.8 Å². The molecule has 2 aromatic rings. The molecular weight excluding hydrogens is 338 g/mol. The average Bonchev–Trinajstić information content (AvgIpc) is 2.96. The number of anilines is 3. The Morgan fingerprint density at radius 2 is 2.16 bits per heavy atom. The molecule has 1 aliphatic rings. The van der Waals surface area contributed by atoms with E-state index in [9.17, 15) is 13.7 Å². The molecule has 1 saturated heterocycles. The third-order valence-electron chi connectivity index (χ3n) is 4.22. The van der Waals surface area contributed by atoms with Crippen LogP contribution in [0.2, 0.25) is 0 Å². The van der Waals surface area contributed by atoms with E-state index in [1.807, 2.05) is 17.9 Å². The minimum atomic E-state index is -2.96. The van der Waals surface area contributed by atoms with Gasteiger partial charge in [-0.05, 0) is 31.5 Å². The maximum absolute atomic E-state index is 11.8. The predicted molar refractivity (Wildman–Crippen MR) is 96.6 cm³/mol. The molecule has 3 rings (SSSR count). The molecule has 0 aliphatic carbocycles. The van der Waals surface area contributed by atoms with Crippen molar-refractivity contribution in [3.05, 3.63) is 42.1 Å². The Morgan fingerprint density at radius 3 is 2.84 bits per heavy atom. The van der Waals surface area contributed by atoms with E-state index in [1.165, 1.54) is 0 Å². The van der Waals surface area contributed by atoms with E-state index in [-0.39, 0.29) is 17.5 Å². The zero-order valence-corrected chi connectivity index (χ0v) is 14.7. The van der Waals surface area contributed by atoms with Crippen molar-refractivity contribution in [3.63, 3.8) is 0 Å². The predicted octanol–water partition coefficient (Wildman–Crippen LogP) is 2.11. The van der Waals surface area contributed by atoms with Crippen LogP contribution in [-0.2, 0) is 9.84 Å². The summed E-state index contributed by atoms with van der Waals surface area (Å²) in [7, 11) is -2.96. The molecule has 1 N–H and O–H groups in total. The number of nitriles is 1. The van der Waals surface area contributed by atoms with Crippen LogP contribution in [0.3, 0.4) is 0 Å². The van der Waals surface area contributed by atoms with Crippen molar-refractivity contribution in [2.45, 2.75) is 19.4 Å². The van der Waals surface area contributed by atoms with Crippen LogP contribution in [0.15, 0.2) is 36.5 Å². The van der Waals surface area contributed by atoms with Crippen LogP contribution >= 0.6 is 0 Å². The normalized spacial score (nSPS) is 18.5. The number of para-hydroxylation sites is 1. The Bertz CT molecular complexity index is 907. The summed E-state index contributed by atoms with van der Waals surface area (Å²) < 4.78 is 23.5. The summed E-state index contributed by atoms with van der Waals surface area (Å²) >= 11 is 0. The van der Waals surface area contributed by atoms with Crippen LogP contribution in [0.4, 0.5) is 17.5 Å². The van der Waals surface area contributed by atoms with Gasteiger partial charge in [-0.15, -0.1) is 0 Å². The van der Waals surface area contributed by atoms with Crippen molar-refractivity contribution < 1.29 is 8.42 Å². The Hall–Kier alpha value is -2.66. The summed E-state index contributed by atoms with van der Waals surface area (Å²) in [5, 5.41) is 12.2. The Kier molecular flexibility index (Phi) is 4.86. The minimum Gasteiger partial charge on any atom is -0.353 e. The zero-order valence-electron chi connectivity index (χ0n) is 13.9. The van der Waals surface area contributed by atoms with Crippen LogP contribution in [0.1, 0.15) is 18.9 Å². The first-order valence-corrected chi connectivity index (χ1v) is 9.91. The maximum Gasteiger partial charge on any atom is 0.229 e. The molecule has 0 saturated carbocycles. The zero-order chi connectivity index (χ0) is 17.9. The number of benzene rings is 1. The summed E-state index contributed by atoms with van der Waals surface area (Å²) in [5.41, 5.74) is 1.14. The van der Waals surface area contributed by atoms with Gasteiger partial charge < -0.3 is 10.2 Å². The second kappa shape index (κ2) is 7.07. The summed E-state index contributed by atoms with van der Waals surface area (Å²) in [6.45, 7) is 2.64. The summed E-state index contributed by atoms with van der Waals surface area (Å²) in [5.74, 6) is 1.43.